The molecule has 2 atom stereocenters. The van der Waals surface area contributed by atoms with Crippen molar-refractivity contribution in [3.63, 3.8) is 0 Å². The van der Waals surface area contributed by atoms with E-state index in [1.165, 1.54) is 19.1 Å². The van der Waals surface area contributed by atoms with Gasteiger partial charge in [-0.2, -0.15) is 13.1 Å². The van der Waals surface area contributed by atoms with Crippen LogP contribution in [0.1, 0.15) is 47.0 Å². The van der Waals surface area contributed by atoms with Crippen molar-refractivity contribution in [1.82, 2.24) is 14.5 Å². The third kappa shape index (κ3) is 3.87. The van der Waals surface area contributed by atoms with Crippen molar-refractivity contribution in [2.75, 3.05) is 6.54 Å². The zero-order chi connectivity index (χ0) is 24.3. The van der Waals surface area contributed by atoms with Gasteiger partial charge >= 0.3 is 5.76 Å². The standard InChI is InChI=1S/C21H19ClF3N3O4S/c1-10-4-6-15(23)17(11(10)2)12(3)18(19-26-27-20(29)32-19)28-9-21(24,25)14-8-13(22)5-7-16(14)33(28,30)31/h4-8,12,18H,9H2,1-3H3,(H,27,29)/t12?,18-/m0/s1. The number of hydrogen-bond acceptors (Lipinski definition) is 5. The summed E-state index contributed by atoms with van der Waals surface area (Å²) in [5.74, 6) is -6.78. The molecule has 0 saturated carbocycles. The van der Waals surface area contributed by atoms with Crippen LogP contribution in [-0.4, -0.2) is 29.5 Å². The fourth-order valence-corrected chi connectivity index (χ4v) is 6.28. The fourth-order valence-electron chi connectivity index (χ4n) is 4.23. The predicted molar refractivity (Wildman–Crippen MR) is 113 cm³/mol. The molecule has 0 spiro atoms. The minimum absolute atomic E-state index is 0.0438. The van der Waals surface area contributed by atoms with Gasteiger partial charge in [-0.05, 0) is 54.8 Å². The normalized spacial score (nSPS) is 19.1. The molecule has 4 rings (SSSR count). The number of aromatic nitrogens is 2. The molecular weight excluding hydrogens is 483 g/mol. The average Bonchev–Trinajstić information content (AvgIpc) is 3.15. The number of sulfonamides is 1. The van der Waals surface area contributed by atoms with Crippen molar-refractivity contribution < 1.29 is 26.0 Å². The maximum absolute atomic E-state index is 15.2. The summed E-state index contributed by atoms with van der Waals surface area (Å²) < 4.78 is 77.8. The summed E-state index contributed by atoms with van der Waals surface area (Å²) in [5, 5.41) is 5.68. The fraction of sp³-hybridized carbons (Fsp3) is 0.333. The maximum Gasteiger partial charge on any atom is 0.434 e. The molecule has 176 valence electrons. The molecule has 0 fully saturated rings. The Morgan fingerprint density at radius 2 is 1.94 bits per heavy atom. The number of aryl methyl sites for hydroxylation is 1. The summed E-state index contributed by atoms with van der Waals surface area (Å²) in [6.07, 6.45) is 0. The van der Waals surface area contributed by atoms with Crippen molar-refractivity contribution in [3.05, 3.63) is 79.9 Å². The molecule has 33 heavy (non-hydrogen) atoms. The quantitative estimate of drug-likeness (QED) is 0.571. The number of hydrogen-bond donors (Lipinski definition) is 1. The Balaban J connectivity index is 1.96. The molecule has 3 aromatic rings. The first-order chi connectivity index (χ1) is 15.3. The van der Waals surface area contributed by atoms with Crippen LogP contribution in [0.4, 0.5) is 13.2 Å². The first-order valence-corrected chi connectivity index (χ1v) is 11.7. The van der Waals surface area contributed by atoms with Gasteiger partial charge in [0.25, 0.3) is 5.92 Å². The van der Waals surface area contributed by atoms with Gasteiger partial charge in [-0.1, -0.05) is 24.6 Å². The number of nitrogens with zero attached hydrogens (tertiary/aromatic N) is 2. The molecule has 12 heteroatoms. The van der Waals surface area contributed by atoms with Crippen molar-refractivity contribution in [1.29, 1.82) is 0 Å². The lowest BCUT2D eigenvalue weighted by Gasteiger charge is -2.39. The molecule has 2 heterocycles. The molecule has 0 bridgehead atoms. The molecule has 0 radical (unpaired) electrons. The Kier molecular flexibility index (Phi) is 5.70. The van der Waals surface area contributed by atoms with E-state index in [2.05, 4.69) is 5.10 Å². The highest BCUT2D eigenvalue weighted by Crippen LogP contribution is 2.48. The van der Waals surface area contributed by atoms with Gasteiger partial charge in [-0.3, -0.25) is 0 Å². The third-order valence-electron chi connectivity index (χ3n) is 5.96. The lowest BCUT2D eigenvalue weighted by Crippen LogP contribution is -2.48. The van der Waals surface area contributed by atoms with Crippen molar-refractivity contribution in [2.45, 2.75) is 43.5 Å². The molecule has 0 aliphatic carbocycles. The largest absolute Gasteiger partial charge is 0.434 e. The molecule has 1 aliphatic rings. The van der Waals surface area contributed by atoms with E-state index in [-0.39, 0.29) is 10.6 Å². The molecule has 0 saturated heterocycles. The highest BCUT2D eigenvalue weighted by Gasteiger charge is 2.52. The average molecular weight is 502 g/mol. The SMILES string of the molecule is Cc1ccc(F)c(C(C)[C@@H](c2n[nH]c(=O)o2)N2CC(F)(F)c3cc(Cl)ccc3S2(=O)=O)c1C. The molecule has 1 aliphatic heterocycles. The summed E-state index contributed by atoms with van der Waals surface area (Å²) in [6, 6.07) is 4.31. The Labute approximate surface area is 192 Å². The van der Waals surface area contributed by atoms with E-state index in [1.54, 1.807) is 19.9 Å². The number of benzene rings is 2. The van der Waals surface area contributed by atoms with E-state index in [4.69, 9.17) is 16.0 Å². The number of nitrogens with one attached hydrogen (secondary N) is 1. The molecule has 1 aromatic heterocycles. The van der Waals surface area contributed by atoms with Gasteiger partial charge in [-0.15, -0.1) is 5.10 Å². The van der Waals surface area contributed by atoms with Crippen molar-refractivity contribution in [3.8, 4) is 0 Å². The monoisotopic (exact) mass is 501 g/mol. The van der Waals surface area contributed by atoms with Crippen LogP contribution in [0.25, 0.3) is 0 Å². The minimum atomic E-state index is -4.54. The maximum atomic E-state index is 15.2. The Morgan fingerprint density at radius 1 is 1.24 bits per heavy atom. The number of H-pyrrole nitrogens is 1. The van der Waals surface area contributed by atoms with Gasteiger partial charge in [0, 0.05) is 16.5 Å². The summed E-state index contributed by atoms with van der Waals surface area (Å²) in [7, 11) is -4.54. The molecule has 0 amide bonds. The van der Waals surface area contributed by atoms with Gasteiger partial charge in [0.1, 0.15) is 11.9 Å². The van der Waals surface area contributed by atoms with E-state index in [0.29, 0.717) is 15.4 Å². The van der Waals surface area contributed by atoms with E-state index in [1.807, 2.05) is 5.10 Å². The van der Waals surface area contributed by atoms with Gasteiger partial charge < -0.3 is 4.42 Å². The minimum Gasteiger partial charge on any atom is -0.391 e. The molecular formula is C21H19ClF3N3O4S. The van der Waals surface area contributed by atoms with Gasteiger partial charge in [0.15, 0.2) is 0 Å². The second-order valence-corrected chi connectivity index (χ2v) is 10.3. The zero-order valence-corrected chi connectivity index (χ0v) is 19.3. The predicted octanol–water partition coefficient (Wildman–Crippen LogP) is 4.41. The van der Waals surface area contributed by atoms with Crippen LogP contribution in [-0.2, 0) is 15.9 Å². The Hall–Kier alpha value is -2.63. The smallest absolute Gasteiger partial charge is 0.391 e. The number of halogens is 4. The van der Waals surface area contributed by atoms with Crippen LogP contribution < -0.4 is 5.76 Å². The molecule has 2 aromatic carbocycles. The number of alkyl halides is 2. The number of fused-ring (bicyclic) bond motifs is 1. The highest BCUT2D eigenvalue weighted by atomic mass is 35.5. The first kappa shape index (κ1) is 23.5. The van der Waals surface area contributed by atoms with Crippen LogP contribution in [0.3, 0.4) is 0 Å². The zero-order valence-electron chi connectivity index (χ0n) is 17.7. The van der Waals surface area contributed by atoms with Gasteiger partial charge in [0.2, 0.25) is 15.9 Å². The second kappa shape index (κ2) is 8.00. The van der Waals surface area contributed by atoms with Gasteiger partial charge in [0.05, 0.1) is 11.4 Å². The third-order valence-corrected chi connectivity index (χ3v) is 8.08. The second-order valence-electron chi connectivity index (χ2n) is 7.98. The van der Waals surface area contributed by atoms with Crippen molar-refractivity contribution in [2.24, 2.45) is 0 Å². The Bertz CT molecular complexity index is 1400. The highest BCUT2D eigenvalue weighted by molar-refractivity contribution is 7.89. The van der Waals surface area contributed by atoms with Crippen LogP contribution in [0.2, 0.25) is 5.02 Å². The van der Waals surface area contributed by atoms with Gasteiger partial charge in [-0.25, -0.2) is 22.7 Å². The molecule has 1 N–H and O–H groups in total. The van der Waals surface area contributed by atoms with E-state index in [0.717, 1.165) is 12.1 Å². The summed E-state index contributed by atoms with van der Waals surface area (Å²) >= 11 is 5.83. The first-order valence-electron chi connectivity index (χ1n) is 9.85. The summed E-state index contributed by atoms with van der Waals surface area (Å²) in [5.41, 5.74) is 0.594. The van der Waals surface area contributed by atoms with E-state index in [9.17, 15) is 17.6 Å². The van der Waals surface area contributed by atoms with E-state index < -0.39 is 62.4 Å². The lowest BCUT2D eigenvalue weighted by molar-refractivity contribution is -0.0384. The summed E-state index contributed by atoms with van der Waals surface area (Å²) in [4.78, 5) is 11.0. The Morgan fingerprint density at radius 3 is 2.58 bits per heavy atom. The van der Waals surface area contributed by atoms with Crippen LogP contribution in [0.15, 0.2) is 44.4 Å². The topological polar surface area (TPSA) is 96.3 Å². The van der Waals surface area contributed by atoms with Crippen LogP contribution >= 0.6 is 11.6 Å². The molecule has 1 unspecified atom stereocenters. The lowest BCUT2D eigenvalue weighted by atomic mass is 9.87. The van der Waals surface area contributed by atoms with Crippen molar-refractivity contribution >= 4 is 21.6 Å². The van der Waals surface area contributed by atoms with Crippen LogP contribution in [0.5, 0.6) is 0 Å². The summed E-state index contributed by atoms with van der Waals surface area (Å²) in [6.45, 7) is 3.56. The number of aromatic amines is 1. The van der Waals surface area contributed by atoms with Crippen LogP contribution in [0, 0.1) is 19.7 Å². The number of rotatable bonds is 4. The molecule has 7 nitrogen and oxygen atoms in total. The van der Waals surface area contributed by atoms with E-state index >= 15 is 8.78 Å².